The van der Waals surface area contributed by atoms with Gasteiger partial charge in [0.05, 0.1) is 18.4 Å². The predicted octanol–water partition coefficient (Wildman–Crippen LogP) is 4.06. The number of hydrogen-bond donors (Lipinski definition) is 0. The van der Waals surface area contributed by atoms with Crippen molar-refractivity contribution in [3.63, 3.8) is 0 Å². The van der Waals surface area contributed by atoms with Gasteiger partial charge in [-0.25, -0.2) is 0 Å². The average molecular weight is 400 g/mol. The maximum Gasteiger partial charge on any atom is 0.435 e. The third-order valence-electron chi connectivity index (χ3n) is 3.96. The van der Waals surface area contributed by atoms with Crippen molar-refractivity contribution in [3.8, 4) is 23.8 Å². The van der Waals surface area contributed by atoms with Crippen molar-refractivity contribution in [2.45, 2.75) is 6.18 Å². The standard InChI is InChI=1S/C21H15F3N2O3/c1-3-11-29-17-10-9-14(13-18(17)28-2)12-16-19(21(22,23)24)25-26(20(16)27)15-7-5-4-6-8-15/h1,4-10,12-13H,11H2,2H3/b16-12-. The average Bonchev–Trinajstić information content (AvgIpc) is 3.04. The summed E-state index contributed by atoms with van der Waals surface area (Å²) in [5.74, 6) is 2.03. The molecule has 0 saturated heterocycles. The molecule has 5 nitrogen and oxygen atoms in total. The molecule has 0 fully saturated rings. The molecule has 0 saturated carbocycles. The lowest BCUT2D eigenvalue weighted by Crippen LogP contribution is -2.25. The van der Waals surface area contributed by atoms with Crippen LogP contribution in [0.4, 0.5) is 18.9 Å². The second-order valence-electron chi connectivity index (χ2n) is 5.86. The summed E-state index contributed by atoms with van der Waals surface area (Å²) in [6, 6.07) is 12.3. The smallest absolute Gasteiger partial charge is 0.435 e. The van der Waals surface area contributed by atoms with Crippen LogP contribution in [0.1, 0.15) is 5.56 Å². The Bertz CT molecular complexity index is 1020. The van der Waals surface area contributed by atoms with Crippen molar-refractivity contribution in [1.82, 2.24) is 0 Å². The van der Waals surface area contributed by atoms with Gasteiger partial charge in [-0.1, -0.05) is 30.2 Å². The van der Waals surface area contributed by atoms with E-state index in [4.69, 9.17) is 15.9 Å². The highest BCUT2D eigenvalue weighted by atomic mass is 19.4. The van der Waals surface area contributed by atoms with Crippen LogP contribution in [0, 0.1) is 12.3 Å². The Morgan fingerprint density at radius 2 is 1.90 bits per heavy atom. The first-order valence-electron chi connectivity index (χ1n) is 8.37. The molecule has 2 aromatic carbocycles. The molecule has 0 N–H and O–H groups in total. The Labute approximate surface area is 165 Å². The fourth-order valence-corrected chi connectivity index (χ4v) is 2.68. The zero-order valence-corrected chi connectivity index (χ0v) is 15.2. The van der Waals surface area contributed by atoms with E-state index in [1.54, 1.807) is 18.2 Å². The van der Waals surface area contributed by atoms with Gasteiger partial charge in [0.15, 0.2) is 17.2 Å². The molecule has 1 amide bonds. The molecule has 0 aromatic heterocycles. The maximum atomic E-state index is 13.5. The van der Waals surface area contributed by atoms with Crippen LogP contribution in [0.25, 0.3) is 6.08 Å². The van der Waals surface area contributed by atoms with Gasteiger partial charge in [-0.3, -0.25) is 4.79 Å². The molecule has 2 aromatic rings. The van der Waals surface area contributed by atoms with Crippen molar-refractivity contribution in [2.75, 3.05) is 18.7 Å². The quantitative estimate of drug-likeness (QED) is 0.562. The van der Waals surface area contributed by atoms with E-state index < -0.39 is 23.4 Å². The highest BCUT2D eigenvalue weighted by Crippen LogP contribution is 2.34. The molecule has 29 heavy (non-hydrogen) atoms. The first kappa shape index (κ1) is 20.0. The van der Waals surface area contributed by atoms with Gasteiger partial charge in [-0.05, 0) is 35.9 Å². The number of carbonyl (C=O) groups is 1. The molecule has 1 aliphatic rings. The van der Waals surface area contributed by atoms with Crippen molar-refractivity contribution in [2.24, 2.45) is 5.10 Å². The third kappa shape index (κ3) is 4.24. The summed E-state index contributed by atoms with van der Waals surface area (Å²) in [4.78, 5) is 12.7. The highest BCUT2D eigenvalue weighted by molar-refractivity contribution is 6.34. The largest absolute Gasteiger partial charge is 0.493 e. The van der Waals surface area contributed by atoms with E-state index in [0.717, 1.165) is 11.1 Å². The fraction of sp³-hybridized carbons (Fsp3) is 0.143. The minimum Gasteiger partial charge on any atom is -0.493 e. The Hall–Kier alpha value is -3.73. The number of amides is 1. The fourth-order valence-electron chi connectivity index (χ4n) is 2.68. The molecule has 148 valence electrons. The second-order valence-corrected chi connectivity index (χ2v) is 5.86. The minimum absolute atomic E-state index is 0.00615. The number of benzene rings is 2. The summed E-state index contributed by atoms with van der Waals surface area (Å²) in [5, 5.41) is 4.25. The van der Waals surface area contributed by atoms with Crippen LogP contribution in [-0.4, -0.2) is 31.5 Å². The lowest BCUT2D eigenvalue weighted by atomic mass is 10.1. The number of nitrogens with zero attached hydrogens (tertiary/aromatic N) is 2. The van der Waals surface area contributed by atoms with Crippen LogP contribution >= 0.6 is 0 Å². The Morgan fingerprint density at radius 1 is 1.17 bits per heavy atom. The lowest BCUT2D eigenvalue weighted by molar-refractivity contribution is -0.114. The minimum atomic E-state index is -4.80. The summed E-state index contributed by atoms with van der Waals surface area (Å²) in [6.45, 7) is 0.00615. The van der Waals surface area contributed by atoms with Gasteiger partial charge in [0.1, 0.15) is 6.61 Å². The lowest BCUT2D eigenvalue weighted by Gasteiger charge is -2.11. The Balaban J connectivity index is 2.02. The highest BCUT2D eigenvalue weighted by Gasteiger charge is 2.46. The van der Waals surface area contributed by atoms with Gasteiger partial charge in [0.2, 0.25) is 0 Å². The summed E-state index contributed by atoms with van der Waals surface area (Å²) < 4.78 is 51.0. The molecule has 0 spiro atoms. The maximum absolute atomic E-state index is 13.5. The third-order valence-corrected chi connectivity index (χ3v) is 3.96. The van der Waals surface area contributed by atoms with Gasteiger partial charge in [0, 0.05) is 0 Å². The Morgan fingerprint density at radius 3 is 2.52 bits per heavy atom. The molecular weight excluding hydrogens is 385 g/mol. The molecule has 3 rings (SSSR count). The van der Waals surface area contributed by atoms with Crippen LogP contribution in [0.3, 0.4) is 0 Å². The van der Waals surface area contributed by atoms with Gasteiger partial charge >= 0.3 is 6.18 Å². The number of carbonyl (C=O) groups excluding carboxylic acids is 1. The van der Waals surface area contributed by atoms with Crippen LogP contribution in [-0.2, 0) is 4.79 Å². The number of anilines is 1. The van der Waals surface area contributed by atoms with Gasteiger partial charge in [-0.2, -0.15) is 23.3 Å². The SMILES string of the molecule is C#CCOc1ccc(/C=C2\C(=O)N(c3ccccc3)N=C2C(F)(F)F)cc1OC. The van der Waals surface area contributed by atoms with Crippen molar-refractivity contribution >= 4 is 23.4 Å². The first-order valence-corrected chi connectivity index (χ1v) is 8.37. The number of halogens is 3. The number of rotatable bonds is 5. The van der Waals surface area contributed by atoms with Crippen LogP contribution in [0.15, 0.2) is 59.2 Å². The molecule has 0 radical (unpaired) electrons. The monoisotopic (exact) mass is 400 g/mol. The van der Waals surface area contributed by atoms with E-state index in [2.05, 4.69) is 11.0 Å². The van der Waals surface area contributed by atoms with E-state index in [9.17, 15) is 18.0 Å². The number of ether oxygens (including phenoxy) is 2. The molecule has 0 unspecified atom stereocenters. The summed E-state index contributed by atoms with van der Waals surface area (Å²) in [7, 11) is 1.38. The first-order chi connectivity index (χ1) is 13.8. The van der Waals surface area contributed by atoms with Crippen LogP contribution in [0.2, 0.25) is 0 Å². The van der Waals surface area contributed by atoms with E-state index in [-0.39, 0.29) is 18.0 Å². The van der Waals surface area contributed by atoms with Crippen LogP contribution in [0.5, 0.6) is 11.5 Å². The topological polar surface area (TPSA) is 51.1 Å². The van der Waals surface area contributed by atoms with Crippen molar-refractivity contribution in [1.29, 1.82) is 0 Å². The number of methoxy groups -OCH3 is 1. The Kier molecular flexibility index (Phi) is 5.59. The van der Waals surface area contributed by atoms with E-state index >= 15 is 0 Å². The summed E-state index contributed by atoms with van der Waals surface area (Å²) >= 11 is 0. The number of hydrazone groups is 1. The van der Waals surface area contributed by atoms with Gasteiger partial charge < -0.3 is 9.47 Å². The molecular formula is C21H15F3N2O3. The number of terminal acetylenes is 1. The van der Waals surface area contributed by atoms with Gasteiger partial charge in [0.25, 0.3) is 5.91 Å². The number of alkyl halides is 3. The molecule has 1 heterocycles. The van der Waals surface area contributed by atoms with Crippen molar-refractivity contribution < 1.29 is 27.4 Å². The molecule has 8 heteroatoms. The number of para-hydroxylation sites is 1. The predicted molar refractivity (Wildman–Crippen MR) is 103 cm³/mol. The second kappa shape index (κ2) is 8.10. The summed E-state index contributed by atoms with van der Waals surface area (Å²) in [6.07, 6.45) is 1.47. The normalized spacial score (nSPS) is 15.3. The summed E-state index contributed by atoms with van der Waals surface area (Å²) in [5.41, 5.74) is -1.29. The zero-order valence-electron chi connectivity index (χ0n) is 15.2. The van der Waals surface area contributed by atoms with E-state index in [1.165, 1.54) is 37.4 Å². The zero-order chi connectivity index (χ0) is 21.0. The van der Waals surface area contributed by atoms with E-state index in [1.807, 2.05) is 0 Å². The van der Waals surface area contributed by atoms with Gasteiger partial charge in [-0.15, -0.1) is 6.42 Å². The van der Waals surface area contributed by atoms with Crippen LogP contribution < -0.4 is 14.5 Å². The van der Waals surface area contributed by atoms with E-state index in [0.29, 0.717) is 11.3 Å². The molecule has 0 aliphatic carbocycles. The molecule has 0 bridgehead atoms. The molecule has 1 aliphatic heterocycles. The molecule has 0 atom stereocenters. The van der Waals surface area contributed by atoms with Crippen molar-refractivity contribution in [3.05, 3.63) is 59.7 Å². The number of hydrogen-bond acceptors (Lipinski definition) is 4.